The van der Waals surface area contributed by atoms with Crippen LogP contribution in [0.25, 0.3) is 0 Å². The molecule has 1 unspecified atom stereocenters. The second-order valence-electron chi connectivity index (χ2n) is 3.63. The largest absolute Gasteiger partial charge is 0.466 e. The van der Waals surface area contributed by atoms with Gasteiger partial charge < -0.3 is 9.84 Å². The highest BCUT2D eigenvalue weighted by Crippen LogP contribution is 2.14. The van der Waals surface area contributed by atoms with Gasteiger partial charge in [-0.3, -0.25) is 0 Å². The Morgan fingerprint density at radius 1 is 1.50 bits per heavy atom. The van der Waals surface area contributed by atoms with Gasteiger partial charge in [0.25, 0.3) is 0 Å². The third-order valence-corrected chi connectivity index (χ3v) is 2.02. The van der Waals surface area contributed by atoms with Gasteiger partial charge in [-0.05, 0) is 12.3 Å². The van der Waals surface area contributed by atoms with E-state index in [4.69, 9.17) is 0 Å². The number of hydrogen-bond donors (Lipinski definition) is 1. The van der Waals surface area contributed by atoms with Crippen molar-refractivity contribution in [2.24, 2.45) is 5.92 Å². The van der Waals surface area contributed by atoms with Crippen LogP contribution < -0.4 is 0 Å². The van der Waals surface area contributed by atoms with Crippen molar-refractivity contribution in [1.29, 1.82) is 0 Å². The molecule has 0 heterocycles. The zero-order valence-corrected chi connectivity index (χ0v) is 9.41. The summed E-state index contributed by atoms with van der Waals surface area (Å²) >= 11 is 0. The number of unbranched alkanes of at least 4 members (excludes halogenated alkanes) is 1. The van der Waals surface area contributed by atoms with Crippen LogP contribution in [0.15, 0.2) is 11.6 Å². The Hall–Kier alpha value is -0.830. The van der Waals surface area contributed by atoms with E-state index in [1.54, 1.807) is 6.08 Å². The molecular formula is C11H20O3. The Bertz CT molecular complexity index is 207. The first-order valence-corrected chi connectivity index (χ1v) is 5.01. The summed E-state index contributed by atoms with van der Waals surface area (Å²) in [4.78, 5) is 11.3. The maximum Gasteiger partial charge on any atom is 0.336 e. The fourth-order valence-corrected chi connectivity index (χ4v) is 1.10. The van der Waals surface area contributed by atoms with E-state index >= 15 is 0 Å². The first kappa shape index (κ1) is 13.2. The Morgan fingerprint density at radius 3 is 2.43 bits per heavy atom. The van der Waals surface area contributed by atoms with Crippen molar-refractivity contribution >= 4 is 5.97 Å². The second kappa shape index (κ2) is 6.60. The van der Waals surface area contributed by atoms with Crippen LogP contribution in [-0.2, 0) is 9.53 Å². The number of allylic oxidation sites excluding steroid dienone is 1. The molecule has 0 rings (SSSR count). The molecule has 0 aromatic heterocycles. The maximum atomic E-state index is 11.3. The van der Waals surface area contributed by atoms with Gasteiger partial charge in [0.2, 0.25) is 0 Å². The predicted molar refractivity (Wildman–Crippen MR) is 55.9 cm³/mol. The highest BCUT2D eigenvalue weighted by Gasteiger charge is 2.21. The normalized spacial score (nSPS) is 14.3. The van der Waals surface area contributed by atoms with Gasteiger partial charge in [-0.1, -0.05) is 33.3 Å². The van der Waals surface area contributed by atoms with Crippen LogP contribution in [0.3, 0.4) is 0 Å². The van der Waals surface area contributed by atoms with Crippen molar-refractivity contribution < 1.29 is 14.6 Å². The molecule has 0 radical (unpaired) electrons. The van der Waals surface area contributed by atoms with Crippen LogP contribution in [0, 0.1) is 5.92 Å². The summed E-state index contributed by atoms with van der Waals surface area (Å²) in [6.45, 7) is 5.76. The highest BCUT2D eigenvalue weighted by atomic mass is 16.5. The standard InChI is InChI=1S/C11H20O3/c1-5-6-7-9(11(13)14-4)10(12)8(2)3/h7-8,10,12H,5-6H2,1-4H3/b9-7-. The topological polar surface area (TPSA) is 46.5 Å². The lowest BCUT2D eigenvalue weighted by molar-refractivity contribution is -0.137. The van der Waals surface area contributed by atoms with Gasteiger partial charge in [-0.25, -0.2) is 4.79 Å². The molecule has 0 spiro atoms. The zero-order valence-electron chi connectivity index (χ0n) is 9.41. The summed E-state index contributed by atoms with van der Waals surface area (Å²) in [5.74, 6) is -0.406. The molecule has 0 saturated carbocycles. The van der Waals surface area contributed by atoms with E-state index in [1.165, 1.54) is 7.11 Å². The van der Waals surface area contributed by atoms with Crippen LogP contribution in [0.4, 0.5) is 0 Å². The Balaban J connectivity index is 4.63. The van der Waals surface area contributed by atoms with Crippen LogP contribution in [0.1, 0.15) is 33.6 Å². The number of rotatable bonds is 5. The minimum atomic E-state index is -0.728. The monoisotopic (exact) mass is 200 g/mol. The van der Waals surface area contributed by atoms with Crippen molar-refractivity contribution in [1.82, 2.24) is 0 Å². The molecule has 0 amide bonds. The van der Waals surface area contributed by atoms with Crippen molar-refractivity contribution in [3.05, 3.63) is 11.6 Å². The Kier molecular flexibility index (Phi) is 6.21. The van der Waals surface area contributed by atoms with Gasteiger partial charge in [-0.2, -0.15) is 0 Å². The average Bonchev–Trinajstić information content (AvgIpc) is 2.17. The van der Waals surface area contributed by atoms with E-state index in [0.29, 0.717) is 5.57 Å². The van der Waals surface area contributed by atoms with E-state index in [9.17, 15) is 9.90 Å². The predicted octanol–water partition coefficient (Wildman–Crippen LogP) is 1.90. The van der Waals surface area contributed by atoms with Crippen LogP contribution in [0.5, 0.6) is 0 Å². The molecule has 0 aliphatic rings. The molecule has 0 bridgehead atoms. The van der Waals surface area contributed by atoms with Crippen LogP contribution >= 0.6 is 0 Å². The number of carbonyl (C=O) groups is 1. The fourth-order valence-electron chi connectivity index (χ4n) is 1.10. The van der Waals surface area contributed by atoms with Crippen LogP contribution in [0.2, 0.25) is 0 Å². The van der Waals surface area contributed by atoms with Gasteiger partial charge in [0.1, 0.15) is 0 Å². The molecule has 0 aromatic carbocycles. The number of hydrogen-bond acceptors (Lipinski definition) is 3. The SMILES string of the molecule is CCC/C=C(\C(=O)OC)C(O)C(C)C. The van der Waals surface area contributed by atoms with E-state index < -0.39 is 12.1 Å². The molecule has 82 valence electrons. The number of carbonyl (C=O) groups excluding carboxylic acids is 1. The number of esters is 1. The van der Waals surface area contributed by atoms with Gasteiger partial charge in [0, 0.05) is 0 Å². The quantitative estimate of drug-likeness (QED) is 0.544. The first-order chi connectivity index (χ1) is 6.54. The van der Waals surface area contributed by atoms with Crippen LogP contribution in [-0.4, -0.2) is 24.3 Å². The van der Waals surface area contributed by atoms with Crippen molar-refractivity contribution in [2.45, 2.75) is 39.7 Å². The molecule has 0 aromatic rings. The molecular weight excluding hydrogens is 180 g/mol. The minimum absolute atomic E-state index is 0.0252. The zero-order chi connectivity index (χ0) is 11.1. The first-order valence-electron chi connectivity index (χ1n) is 5.01. The second-order valence-corrected chi connectivity index (χ2v) is 3.63. The van der Waals surface area contributed by atoms with Gasteiger partial charge in [-0.15, -0.1) is 0 Å². The minimum Gasteiger partial charge on any atom is -0.466 e. The number of aliphatic hydroxyl groups is 1. The fraction of sp³-hybridized carbons (Fsp3) is 0.727. The average molecular weight is 200 g/mol. The smallest absolute Gasteiger partial charge is 0.336 e. The number of methoxy groups -OCH3 is 1. The summed E-state index contributed by atoms with van der Waals surface area (Å²) in [5.41, 5.74) is 0.379. The number of ether oxygens (including phenoxy) is 1. The molecule has 1 atom stereocenters. The van der Waals surface area contributed by atoms with E-state index in [-0.39, 0.29) is 5.92 Å². The van der Waals surface area contributed by atoms with Crippen molar-refractivity contribution in [2.75, 3.05) is 7.11 Å². The molecule has 14 heavy (non-hydrogen) atoms. The molecule has 0 aliphatic carbocycles. The summed E-state index contributed by atoms with van der Waals surface area (Å²) in [6.07, 6.45) is 2.77. The van der Waals surface area contributed by atoms with Gasteiger partial charge in [0.05, 0.1) is 18.8 Å². The van der Waals surface area contributed by atoms with Gasteiger partial charge in [0.15, 0.2) is 0 Å². The third kappa shape index (κ3) is 3.92. The van der Waals surface area contributed by atoms with Gasteiger partial charge >= 0.3 is 5.97 Å². The van der Waals surface area contributed by atoms with Crippen molar-refractivity contribution in [3.8, 4) is 0 Å². The molecule has 3 nitrogen and oxygen atoms in total. The molecule has 0 saturated heterocycles. The summed E-state index contributed by atoms with van der Waals surface area (Å²) in [6, 6.07) is 0. The Labute approximate surface area is 85.8 Å². The van der Waals surface area contributed by atoms with E-state index in [1.807, 2.05) is 20.8 Å². The molecule has 3 heteroatoms. The van der Waals surface area contributed by atoms with E-state index in [2.05, 4.69) is 4.74 Å². The summed E-state index contributed by atoms with van der Waals surface area (Å²) in [7, 11) is 1.33. The van der Waals surface area contributed by atoms with E-state index in [0.717, 1.165) is 12.8 Å². The third-order valence-electron chi connectivity index (χ3n) is 2.02. The number of aliphatic hydroxyl groups excluding tert-OH is 1. The lowest BCUT2D eigenvalue weighted by Crippen LogP contribution is -2.24. The molecule has 1 N–H and O–H groups in total. The van der Waals surface area contributed by atoms with Crippen molar-refractivity contribution in [3.63, 3.8) is 0 Å². The lowest BCUT2D eigenvalue weighted by Gasteiger charge is -2.16. The molecule has 0 fully saturated rings. The lowest BCUT2D eigenvalue weighted by atomic mass is 9.98. The maximum absolute atomic E-state index is 11.3. The highest BCUT2D eigenvalue weighted by molar-refractivity contribution is 5.89. The summed E-state index contributed by atoms with van der Waals surface area (Å²) < 4.78 is 4.61. The molecule has 0 aliphatic heterocycles. The Morgan fingerprint density at radius 2 is 2.07 bits per heavy atom. The summed E-state index contributed by atoms with van der Waals surface area (Å²) in [5, 5.41) is 9.75.